The maximum atomic E-state index is 12.4. The van der Waals surface area contributed by atoms with E-state index < -0.39 is 0 Å². The van der Waals surface area contributed by atoms with Crippen molar-refractivity contribution >= 4 is 23.4 Å². The molecular weight excluding hydrogens is 348 g/mol. The third-order valence-corrected chi connectivity index (χ3v) is 4.70. The van der Waals surface area contributed by atoms with Crippen LogP contribution in [0.15, 0.2) is 64.2 Å². The summed E-state index contributed by atoms with van der Waals surface area (Å²) in [5, 5.41) is 3.07. The molecule has 26 heavy (non-hydrogen) atoms. The lowest BCUT2D eigenvalue weighted by Gasteiger charge is -2.11. The van der Waals surface area contributed by atoms with Gasteiger partial charge in [0.1, 0.15) is 17.3 Å². The summed E-state index contributed by atoms with van der Waals surface area (Å²) in [7, 11) is 0. The van der Waals surface area contributed by atoms with Gasteiger partial charge in [0.25, 0.3) is 5.22 Å². The average Bonchev–Trinajstić information content (AvgIpc) is 2.95. The molecule has 5 nitrogen and oxygen atoms in total. The maximum Gasteiger partial charge on any atom is 0.256 e. The lowest BCUT2D eigenvalue weighted by molar-refractivity contribution is -0.115. The van der Waals surface area contributed by atoms with Gasteiger partial charge < -0.3 is 14.5 Å². The third kappa shape index (κ3) is 4.67. The molecule has 0 saturated carbocycles. The number of hydrogen-bond donors (Lipinski definition) is 1. The molecule has 134 valence electrons. The number of aromatic nitrogens is 1. The van der Waals surface area contributed by atoms with Crippen molar-refractivity contribution in [2.45, 2.75) is 31.2 Å². The van der Waals surface area contributed by atoms with Crippen LogP contribution >= 0.6 is 11.8 Å². The summed E-state index contributed by atoms with van der Waals surface area (Å²) in [6.45, 7) is 5.56. The number of nitrogens with one attached hydrogen (secondary N) is 1. The fourth-order valence-electron chi connectivity index (χ4n) is 2.17. The monoisotopic (exact) mass is 368 g/mol. The van der Waals surface area contributed by atoms with Crippen LogP contribution in [0, 0.1) is 13.8 Å². The van der Waals surface area contributed by atoms with Crippen molar-refractivity contribution in [3.8, 4) is 11.5 Å². The Morgan fingerprint density at radius 1 is 1.08 bits per heavy atom. The minimum atomic E-state index is -0.326. The van der Waals surface area contributed by atoms with Crippen LogP contribution in [-0.2, 0) is 4.79 Å². The minimum Gasteiger partial charge on any atom is -0.457 e. The van der Waals surface area contributed by atoms with Gasteiger partial charge in [-0.25, -0.2) is 4.98 Å². The van der Waals surface area contributed by atoms with E-state index in [1.165, 1.54) is 11.8 Å². The van der Waals surface area contributed by atoms with Crippen LogP contribution in [0.4, 0.5) is 5.69 Å². The molecule has 0 saturated heterocycles. The van der Waals surface area contributed by atoms with Gasteiger partial charge >= 0.3 is 0 Å². The topological polar surface area (TPSA) is 64.4 Å². The van der Waals surface area contributed by atoms with Gasteiger partial charge in [-0.2, -0.15) is 0 Å². The Morgan fingerprint density at radius 3 is 2.35 bits per heavy atom. The fourth-order valence-corrected chi connectivity index (χ4v) is 3.00. The van der Waals surface area contributed by atoms with E-state index in [2.05, 4.69) is 10.3 Å². The van der Waals surface area contributed by atoms with Crippen LogP contribution in [-0.4, -0.2) is 16.1 Å². The normalized spacial score (nSPS) is 11.8. The van der Waals surface area contributed by atoms with Crippen LogP contribution in [0.5, 0.6) is 11.5 Å². The molecule has 0 aliphatic heterocycles. The largest absolute Gasteiger partial charge is 0.457 e. The Balaban J connectivity index is 1.56. The predicted molar refractivity (Wildman–Crippen MR) is 103 cm³/mol. The van der Waals surface area contributed by atoms with Crippen molar-refractivity contribution in [2.75, 3.05) is 5.32 Å². The second-order valence-corrected chi connectivity index (χ2v) is 7.10. The quantitative estimate of drug-likeness (QED) is 0.606. The zero-order valence-corrected chi connectivity index (χ0v) is 15.7. The number of ether oxygens (including phenoxy) is 1. The first-order valence-electron chi connectivity index (χ1n) is 8.26. The maximum absolute atomic E-state index is 12.4. The van der Waals surface area contributed by atoms with E-state index in [9.17, 15) is 4.79 Å². The highest BCUT2D eigenvalue weighted by molar-refractivity contribution is 8.00. The Labute approximate surface area is 156 Å². The first-order valence-corrected chi connectivity index (χ1v) is 9.14. The number of benzene rings is 2. The number of amides is 1. The molecule has 1 atom stereocenters. The minimum absolute atomic E-state index is 0.111. The molecular formula is C20H20N2O3S. The zero-order chi connectivity index (χ0) is 18.5. The van der Waals surface area contributed by atoms with Crippen LogP contribution in [0.25, 0.3) is 0 Å². The molecule has 6 heteroatoms. The van der Waals surface area contributed by atoms with Crippen molar-refractivity contribution in [1.82, 2.24) is 4.98 Å². The number of anilines is 1. The van der Waals surface area contributed by atoms with Gasteiger partial charge in [0.15, 0.2) is 0 Å². The van der Waals surface area contributed by atoms with E-state index in [0.29, 0.717) is 16.7 Å². The van der Waals surface area contributed by atoms with E-state index in [1.54, 1.807) is 0 Å². The summed E-state index contributed by atoms with van der Waals surface area (Å²) in [5.41, 5.74) is 1.55. The first-order chi connectivity index (χ1) is 12.5. The highest BCUT2D eigenvalue weighted by Gasteiger charge is 2.18. The number of thioether (sulfide) groups is 1. The van der Waals surface area contributed by atoms with Crippen LogP contribution in [0.3, 0.4) is 0 Å². The van der Waals surface area contributed by atoms with Crippen molar-refractivity contribution in [2.24, 2.45) is 0 Å². The number of aryl methyl sites for hydroxylation is 2. The molecule has 0 fully saturated rings. The molecule has 3 rings (SSSR count). The van der Waals surface area contributed by atoms with Crippen molar-refractivity contribution in [3.63, 3.8) is 0 Å². The number of nitrogens with zero attached hydrogens (tertiary/aromatic N) is 1. The van der Waals surface area contributed by atoms with E-state index >= 15 is 0 Å². The fraction of sp³-hybridized carbons (Fsp3) is 0.200. The van der Waals surface area contributed by atoms with Crippen LogP contribution < -0.4 is 10.1 Å². The first kappa shape index (κ1) is 18.1. The molecule has 1 heterocycles. The van der Waals surface area contributed by atoms with Gasteiger partial charge in [0, 0.05) is 5.69 Å². The molecule has 1 N–H and O–H groups in total. The summed E-state index contributed by atoms with van der Waals surface area (Å²) < 4.78 is 11.3. The number of carbonyl (C=O) groups excluding carboxylic acids is 1. The lowest BCUT2D eigenvalue weighted by Crippen LogP contribution is -2.22. The Kier molecular flexibility index (Phi) is 5.63. The molecule has 3 aromatic rings. The summed E-state index contributed by atoms with van der Waals surface area (Å²) in [6, 6.07) is 16.8. The molecule has 1 amide bonds. The molecule has 0 bridgehead atoms. The average molecular weight is 368 g/mol. The highest BCUT2D eigenvalue weighted by Crippen LogP contribution is 2.26. The number of rotatable bonds is 6. The summed E-state index contributed by atoms with van der Waals surface area (Å²) in [6.07, 6.45) is 0. The number of para-hydroxylation sites is 1. The van der Waals surface area contributed by atoms with E-state index in [0.717, 1.165) is 17.2 Å². The van der Waals surface area contributed by atoms with E-state index in [4.69, 9.17) is 9.15 Å². The summed E-state index contributed by atoms with van der Waals surface area (Å²) in [4.78, 5) is 16.6. The SMILES string of the molecule is Cc1nc(SC(C)C(=O)Nc2ccc(Oc3ccccc3)cc2)oc1C. The van der Waals surface area contributed by atoms with Crippen molar-refractivity contribution in [3.05, 3.63) is 66.1 Å². The number of hydrogen-bond acceptors (Lipinski definition) is 5. The Hall–Kier alpha value is -2.73. The van der Waals surface area contributed by atoms with Crippen molar-refractivity contribution < 1.29 is 13.9 Å². The molecule has 0 aliphatic carbocycles. The van der Waals surface area contributed by atoms with Gasteiger partial charge in [0.05, 0.1) is 10.9 Å². The Bertz CT molecular complexity index is 856. The molecule has 2 aromatic carbocycles. The van der Waals surface area contributed by atoms with Crippen LogP contribution in [0.1, 0.15) is 18.4 Å². The Morgan fingerprint density at radius 2 is 1.73 bits per heavy atom. The summed E-state index contributed by atoms with van der Waals surface area (Å²) >= 11 is 1.30. The van der Waals surface area contributed by atoms with Crippen molar-refractivity contribution in [1.29, 1.82) is 0 Å². The second-order valence-electron chi connectivity index (χ2n) is 5.81. The lowest BCUT2D eigenvalue weighted by atomic mass is 10.3. The summed E-state index contributed by atoms with van der Waals surface area (Å²) in [5.74, 6) is 2.14. The van der Waals surface area contributed by atoms with Gasteiger partial charge in [0.2, 0.25) is 5.91 Å². The smallest absolute Gasteiger partial charge is 0.256 e. The van der Waals surface area contributed by atoms with Gasteiger partial charge in [-0.15, -0.1) is 0 Å². The molecule has 1 aromatic heterocycles. The molecule has 0 aliphatic rings. The van der Waals surface area contributed by atoms with Crippen LogP contribution in [0.2, 0.25) is 0 Å². The standard InChI is InChI=1S/C20H20N2O3S/c1-13-14(2)24-20(21-13)26-15(3)19(23)22-16-9-11-18(12-10-16)25-17-7-5-4-6-8-17/h4-12,15H,1-3H3,(H,22,23). The molecule has 0 radical (unpaired) electrons. The van der Waals surface area contributed by atoms with Gasteiger partial charge in [-0.05, 0) is 57.2 Å². The number of carbonyl (C=O) groups is 1. The predicted octanol–water partition coefficient (Wildman–Crippen LogP) is 5.20. The molecule has 0 spiro atoms. The third-order valence-electron chi connectivity index (χ3n) is 3.76. The molecule has 1 unspecified atom stereocenters. The van der Waals surface area contributed by atoms with Gasteiger partial charge in [-0.3, -0.25) is 4.79 Å². The number of oxazole rings is 1. The highest BCUT2D eigenvalue weighted by atomic mass is 32.2. The van der Waals surface area contributed by atoms with Gasteiger partial charge in [-0.1, -0.05) is 30.0 Å². The second kappa shape index (κ2) is 8.10. The zero-order valence-electron chi connectivity index (χ0n) is 14.9. The van der Waals surface area contributed by atoms with E-state index in [1.807, 2.05) is 75.4 Å². The van der Waals surface area contributed by atoms with E-state index in [-0.39, 0.29) is 11.2 Å².